The summed E-state index contributed by atoms with van der Waals surface area (Å²) in [5.74, 6) is -0.0672. The van der Waals surface area contributed by atoms with Crippen molar-refractivity contribution in [2.75, 3.05) is 19.8 Å². The first-order valence-corrected chi connectivity index (χ1v) is 8.26. The molecule has 24 heavy (non-hydrogen) atoms. The third-order valence-corrected chi connectivity index (χ3v) is 4.66. The molecule has 1 saturated heterocycles. The van der Waals surface area contributed by atoms with Crippen LogP contribution in [-0.4, -0.2) is 30.6 Å². The fourth-order valence-electron chi connectivity index (χ4n) is 3.24. The number of rotatable bonds is 5. The summed E-state index contributed by atoms with van der Waals surface area (Å²) in [6, 6.07) is 13.5. The smallest absolute Gasteiger partial charge is 0.248 e. The zero-order chi connectivity index (χ0) is 16.8. The van der Waals surface area contributed by atoms with E-state index in [-0.39, 0.29) is 23.3 Å². The van der Waals surface area contributed by atoms with Crippen molar-refractivity contribution in [2.24, 2.45) is 0 Å². The summed E-state index contributed by atoms with van der Waals surface area (Å²) < 4.78 is 5.51. The lowest BCUT2D eigenvalue weighted by atomic mass is 9.74. The van der Waals surface area contributed by atoms with Gasteiger partial charge in [-0.15, -0.1) is 0 Å². The Labute approximate surface area is 141 Å². The molecule has 1 aromatic heterocycles. The van der Waals surface area contributed by atoms with Crippen LogP contribution in [0.15, 0.2) is 53.5 Å². The third kappa shape index (κ3) is 3.92. The Morgan fingerprint density at radius 2 is 1.92 bits per heavy atom. The van der Waals surface area contributed by atoms with E-state index in [1.807, 2.05) is 18.2 Å². The number of H-pyrrole nitrogens is 1. The molecule has 126 valence electrons. The van der Waals surface area contributed by atoms with Crippen LogP contribution in [-0.2, 0) is 21.4 Å². The van der Waals surface area contributed by atoms with Crippen molar-refractivity contribution in [3.05, 3.63) is 70.1 Å². The van der Waals surface area contributed by atoms with Crippen molar-refractivity contribution in [1.29, 1.82) is 0 Å². The molecule has 0 unspecified atom stereocenters. The van der Waals surface area contributed by atoms with Gasteiger partial charge in [-0.1, -0.05) is 30.3 Å². The standard InChI is InChI=1S/C19H22N2O3/c22-17-12-15(6-9-20-17)13-18(23)21-14-19(7-10-24-11-8-19)16-4-2-1-3-5-16/h1-6,9,12H,7-8,10-11,13-14H2,(H,20,22)(H,21,23). The molecule has 0 radical (unpaired) electrons. The molecule has 1 aliphatic rings. The number of hydrogen-bond donors (Lipinski definition) is 2. The molecular weight excluding hydrogens is 304 g/mol. The van der Waals surface area contributed by atoms with Gasteiger partial charge in [0.15, 0.2) is 0 Å². The number of benzene rings is 1. The Hall–Kier alpha value is -2.40. The Kier molecular flexibility index (Phi) is 5.11. The average Bonchev–Trinajstić information content (AvgIpc) is 2.62. The van der Waals surface area contributed by atoms with Gasteiger partial charge >= 0.3 is 0 Å². The first kappa shape index (κ1) is 16.5. The van der Waals surface area contributed by atoms with E-state index in [1.54, 1.807) is 12.3 Å². The Balaban J connectivity index is 1.67. The van der Waals surface area contributed by atoms with E-state index in [2.05, 4.69) is 22.4 Å². The van der Waals surface area contributed by atoms with Gasteiger partial charge in [0.2, 0.25) is 11.5 Å². The molecule has 2 N–H and O–H groups in total. The van der Waals surface area contributed by atoms with Crippen molar-refractivity contribution in [3.63, 3.8) is 0 Å². The molecule has 0 aliphatic carbocycles. The highest BCUT2D eigenvalue weighted by molar-refractivity contribution is 5.78. The van der Waals surface area contributed by atoms with Gasteiger partial charge in [-0.3, -0.25) is 9.59 Å². The second kappa shape index (κ2) is 7.45. The van der Waals surface area contributed by atoms with Crippen LogP contribution in [0, 0.1) is 0 Å². The molecule has 0 atom stereocenters. The molecule has 3 rings (SSSR count). The number of carbonyl (C=O) groups is 1. The van der Waals surface area contributed by atoms with Crippen molar-refractivity contribution < 1.29 is 9.53 Å². The van der Waals surface area contributed by atoms with Crippen molar-refractivity contribution in [1.82, 2.24) is 10.3 Å². The monoisotopic (exact) mass is 326 g/mol. The molecular formula is C19H22N2O3. The van der Waals surface area contributed by atoms with Crippen LogP contribution in [0.1, 0.15) is 24.0 Å². The van der Waals surface area contributed by atoms with Gasteiger partial charge in [0.05, 0.1) is 6.42 Å². The molecule has 1 fully saturated rings. The highest BCUT2D eigenvalue weighted by Crippen LogP contribution is 2.34. The van der Waals surface area contributed by atoms with Gasteiger partial charge in [0.25, 0.3) is 0 Å². The second-order valence-corrected chi connectivity index (χ2v) is 6.27. The van der Waals surface area contributed by atoms with Gasteiger partial charge in [-0.25, -0.2) is 0 Å². The summed E-state index contributed by atoms with van der Waals surface area (Å²) in [5, 5.41) is 3.05. The van der Waals surface area contributed by atoms with E-state index in [0.29, 0.717) is 19.8 Å². The number of nitrogens with one attached hydrogen (secondary N) is 2. The summed E-state index contributed by atoms with van der Waals surface area (Å²) in [4.78, 5) is 26.2. The molecule has 1 aromatic carbocycles. The summed E-state index contributed by atoms with van der Waals surface area (Å²) in [5.41, 5.74) is 1.69. The van der Waals surface area contributed by atoms with Crippen LogP contribution in [0.3, 0.4) is 0 Å². The maximum atomic E-state index is 12.3. The largest absolute Gasteiger partial charge is 0.381 e. The topological polar surface area (TPSA) is 71.2 Å². The maximum Gasteiger partial charge on any atom is 0.248 e. The van der Waals surface area contributed by atoms with Crippen LogP contribution in [0.5, 0.6) is 0 Å². The van der Waals surface area contributed by atoms with E-state index in [4.69, 9.17) is 4.74 Å². The minimum atomic E-state index is -0.189. The molecule has 0 saturated carbocycles. The van der Waals surface area contributed by atoms with Gasteiger partial charge < -0.3 is 15.0 Å². The predicted molar refractivity (Wildman–Crippen MR) is 91.9 cm³/mol. The molecule has 0 spiro atoms. The second-order valence-electron chi connectivity index (χ2n) is 6.27. The highest BCUT2D eigenvalue weighted by atomic mass is 16.5. The Bertz CT molecular complexity index is 734. The van der Waals surface area contributed by atoms with E-state index in [9.17, 15) is 9.59 Å². The molecule has 0 bridgehead atoms. The number of aromatic nitrogens is 1. The zero-order valence-electron chi connectivity index (χ0n) is 13.6. The normalized spacial score (nSPS) is 16.5. The van der Waals surface area contributed by atoms with Gasteiger partial charge in [0.1, 0.15) is 0 Å². The van der Waals surface area contributed by atoms with Crippen molar-refractivity contribution in [3.8, 4) is 0 Å². The average molecular weight is 326 g/mol. The van der Waals surface area contributed by atoms with Gasteiger partial charge in [-0.2, -0.15) is 0 Å². The first-order chi connectivity index (χ1) is 11.7. The fraction of sp³-hybridized carbons (Fsp3) is 0.368. The Morgan fingerprint density at radius 3 is 2.62 bits per heavy atom. The lowest BCUT2D eigenvalue weighted by Gasteiger charge is -2.38. The number of pyridine rings is 1. The molecule has 1 amide bonds. The minimum Gasteiger partial charge on any atom is -0.381 e. The molecule has 1 aliphatic heterocycles. The van der Waals surface area contributed by atoms with Crippen LogP contribution < -0.4 is 10.9 Å². The van der Waals surface area contributed by atoms with Crippen molar-refractivity contribution in [2.45, 2.75) is 24.7 Å². The quantitative estimate of drug-likeness (QED) is 0.880. The predicted octanol–water partition coefficient (Wildman–Crippen LogP) is 1.78. The van der Waals surface area contributed by atoms with Crippen LogP contribution >= 0.6 is 0 Å². The van der Waals surface area contributed by atoms with Crippen molar-refractivity contribution >= 4 is 5.91 Å². The minimum absolute atomic E-state index is 0.0672. The zero-order valence-corrected chi connectivity index (χ0v) is 13.6. The molecule has 2 aromatic rings. The number of ether oxygens (including phenoxy) is 1. The number of hydrogen-bond acceptors (Lipinski definition) is 3. The molecule has 2 heterocycles. The number of amides is 1. The summed E-state index contributed by atoms with van der Waals surface area (Å²) in [6.45, 7) is 2.00. The van der Waals surface area contributed by atoms with E-state index < -0.39 is 0 Å². The SMILES string of the molecule is O=C(Cc1cc[nH]c(=O)c1)NCC1(c2ccccc2)CCOCC1. The fourth-order valence-corrected chi connectivity index (χ4v) is 3.24. The van der Waals surface area contributed by atoms with Crippen LogP contribution in [0.4, 0.5) is 0 Å². The lowest BCUT2D eigenvalue weighted by Crippen LogP contribution is -2.45. The molecule has 5 heteroatoms. The van der Waals surface area contributed by atoms with Crippen LogP contribution in [0.25, 0.3) is 0 Å². The first-order valence-electron chi connectivity index (χ1n) is 8.26. The van der Waals surface area contributed by atoms with E-state index in [0.717, 1.165) is 18.4 Å². The van der Waals surface area contributed by atoms with E-state index >= 15 is 0 Å². The molecule has 5 nitrogen and oxygen atoms in total. The Morgan fingerprint density at radius 1 is 1.17 bits per heavy atom. The van der Waals surface area contributed by atoms with Gasteiger partial charge in [-0.05, 0) is 30.0 Å². The number of carbonyl (C=O) groups excluding carboxylic acids is 1. The lowest BCUT2D eigenvalue weighted by molar-refractivity contribution is -0.120. The van der Waals surface area contributed by atoms with Crippen LogP contribution in [0.2, 0.25) is 0 Å². The van der Waals surface area contributed by atoms with E-state index in [1.165, 1.54) is 11.6 Å². The summed E-state index contributed by atoms with van der Waals surface area (Å²) >= 11 is 0. The summed E-state index contributed by atoms with van der Waals surface area (Å²) in [7, 11) is 0. The number of aromatic amines is 1. The van der Waals surface area contributed by atoms with Gasteiger partial charge in [0, 0.05) is 37.4 Å². The maximum absolute atomic E-state index is 12.3. The summed E-state index contributed by atoms with van der Waals surface area (Å²) in [6.07, 6.45) is 3.56. The highest BCUT2D eigenvalue weighted by Gasteiger charge is 2.34. The third-order valence-electron chi connectivity index (χ3n) is 4.66.